The summed E-state index contributed by atoms with van der Waals surface area (Å²) in [6.45, 7) is 7.77. The maximum atomic E-state index is 5.45. The molecule has 1 atom stereocenters. The molecule has 0 aromatic carbocycles. The number of piperidine rings is 1. The molecule has 18 heavy (non-hydrogen) atoms. The monoisotopic (exact) mass is 249 g/mol. The van der Waals surface area contributed by atoms with Crippen molar-refractivity contribution in [1.29, 1.82) is 0 Å². The zero-order valence-corrected chi connectivity index (χ0v) is 11.2. The first-order chi connectivity index (χ1) is 8.83. The van der Waals surface area contributed by atoms with Crippen LogP contribution in [-0.2, 0) is 4.74 Å². The third kappa shape index (κ3) is 2.59. The topological polar surface area (TPSA) is 41.2 Å². The Hall–Kier alpha value is -0.870. The van der Waals surface area contributed by atoms with Gasteiger partial charge in [0.2, 0.25) is 0 Å². The average Bonchev–Trinajstić information content (AvgIpc) is 3.02. The van der Waals surface area contributed by atoms with Gasteiger partial charge in [0.1, 0.15) is 0 Å². The second-order valence-electron chi connectivity index (χ2n) is 5.77. The molecule has 0 radical (unpaired) electrons. The van der Waals surface area contributed by atoms with Gasteiger partial charge >= 0.3 is 0 Å². The highest BCUT2D eigenvalue weighted by Gasteiger charge is 2.25. The molecule has 3 heterocycles. The molecule has 2 fully saturated rings. The summed E-state index contributed by atoms with van der Waals surface area (Å²) in [4.78, 5) is 2.61. The molecule has 0 aliphatic carbocycles. The van der Waals surface area contributed by atoms with E-state index in [1.165, 1.54) is 50.2 Å². The summed E-state index contributed by atoms with van der Waals surface area (Å²) in [6, 6.07) is 0. The molecular weight excluding hydrogens is 226 g/mol. The summed E-state index contributed by atoms with van der Waals surface area (Å²) in [5.74, 6) is 1.46. The highest BCUT2D eigenvalue weighted by molar-refractivity contribution is 5.19. The van der Waals surface area contributed by atoms with Crippen LogP contribution in [0, 0.1) is 12.8 Å². The normalized spacial score (nSPS) is 26.8. The fourth-order valence-corrected chi connectivity index (χ4v) is 3.27. The van der Waals surface area contributed by atoms with E-state index in [1.54, 1.807) is 0 Å². The largest absolute Gasteiger partial charge is 0.381 e. The third-order valence-electron chi connectivity index (χ3n) is 4.40. The molecule has 0 bridgehead atoms. The van der Waals surface area contributed by atoms with Crippen LogP contribution in [0.25, 0.3) is 0 Å². The van der Waals surface area contributed by atoms with Crippen LogP contribution in [0.15, 0.2) is 6.20 Å². The van der Waals surface area contributed by atoms with Crippen molar-refractivity contribution >= 4 is 0 Å². The van der Waals surface area contributed by atoms with Crippen LogP contribution in [0.3, 0.4) is 0 Å². The number of aryl methyl sites for hydroxylation is 1. The van der Waals surface area contributed by atoms with E-state index in [2.05, 4.69) is 22.0 Å². The van der Waals surface area contributed by atoms with Gasteiger partial charge < -0.3 is 9.64 Å². The van der Waals surface area contributed by atoms with Gasteiger partial charge in [-0.15, -0.1) is 0 Å². The summed E-state index contributed by atoms with van der Waals surface area (Å²) in [6.07, 6.45) is 5.71. The number of nitrogens with zero attached hydrogens (tertiary/aromatic N) is 2. The van der Waals surface area contributed by atoms with Gasteiger partial charge in [-0.3, -0.25) is 5.10 Å². The van der Waals surface area contributed by atoms with Crippen molar-refractivity contribution in [2.24, 2.45) is 5.92 Å². The molecule has 1 aromatic rings. The molecule has 1 aromatic heterocycles. The second kappa shape index (κ2) is 5.41. The van der Waals surface area contributed by atoms with Crippen molar-refractivity contribution in [3.63, 3.8) is 0 Å². The Kier molecular flexibility index (Phi) is 3.66. The molecule has 0 spiro atoms. The predicted molar refractivity (Wildman–Crippen MR) is 70.7 cm³/mol. The Morgan fingerprint density at radius 1 is 1.39 bits per heavy atom. The number of nitrogens with one attached hydrogen (secondary N) is 1. The zero-order valence-electron chi connectivity index (χ0n) is 11.2. The van der Waals surface area contributed by atoms with E-state index in [-0.39, 0.29) is 0 Å². The van der Waals surface area contributed by atoms with Gasteiger partial charge in [-0.2, -0.15) is 5.10 Å². The van der Waals surface area contributed by atoms with Crippen LogP contribution in [0.4, 0.5) is 0 Å². The Labute approximate surface area is 109 Å². The first-order valence-corrected chi connectivity index (χ1v) is 7.13. The van der Waals surface area contributed by atoms with Gasteiger partial charge in [-0.05, 0) is 50.8 Å². The van der Waals surface area contributed by atoms with Gasteiger partial charge in [0, 0.05) is 24.8 Å². The molecule has 4 nitrogen and oxygen atoms in total. The Morgan fingerprint density at radius 3 is 2.83 bits per heavy atom. The van der Waals surface area contributed by atoms with Crippen LogP contribution in [0.5, 0.6) is 0 Å². The van der Waals surface area contributed by atoms with E-state index < -0.39 is 0 Å². The number of hydrogen-bond acceptors (Lipinski definition) is 3. The molecule has 4 heteroatoms. The van der Waals surface area contributed by atoms with Crippen molar-refractivity contribution in [3.05, 3.63) is 17.5 Å². The van der Waals surface area contributed by atoms with Gasteiger partial charge in [0.25, 0.3) is 0 Å². The number of rotatable bonds is 3. The minimum absolute atomic E-state index is 0.684. The minimum Gasteiger partial charge on any atom is -0.381 e. The quantitative estimate of drug-likeness (QED) is 0.890. The molecule has 100 valence electrons. The van der Waals surface area contributed by atoms with Crippen molar-refractivity contribution in [2.45, 2.75) is 32.1 Å². The maximum Gasteiger partial charge on any atom is 0.0519 e. The smallest absolute Gasteiger partial charge is 0.0519 e. The molecule has 2 aliphatic rings. The summed E-state index contributed by atoms with van der Waals surface area (Å²) in [7, 11) is 0. The van der Waals surface area contributed by atoms with E-state index in [0.717, 1.165) is 19.1 Å². The Balaban J connectivity index is 1.50. The van der Waals surface area contributed by atoms with E-state index in [0.29, 0.717) is 5.92 Å². The molecule has 3 rings (SSSR count). The second-order valence-corrected chi connectivity index (χ2v) is 5.77. The van der Waals surface area contributed by atoms with Crippen LogP contribution < -0.4 is 0 Å². The number of aromatic nitrogens is 2. The van der Waals surface area contributed by atoms with E-state index >= 15 is 0 Å². The molecular formula is C14H23N3O. The number of likely N-dealkylation sites (tertiary alicyclic amines) is 1. The SMILES string of the molecule is Cc1cn[nH]c1C1CCN(CC2CCOC2)CC1. The molecule has 0 amide bonds. The van der Waals surface area contributed by atoms with E-state index in [1.807, 2.05) is 6.20 Å². The summed E-state index contributed by atoms with van der Waals surface area (Å²) in [5, 5.41) is 7.32. The van der Waals surface area contributed by atoms with Gasteiger partial charge in [0.15, 0.2) is 0 Å². The highest BCUT2D eigenvalue weighted by atomic mass is 16.5. The lowest BCUT2D eigenvalue weighted by Crippen LogP contribution is -2.36. The van der Waals surface area contributed by atoms with Gasteiger partial charge in [0.05, 0.1) is 12.8 Å². The Bertz CT molecular complexity index is 376. The van der Waals surface area contributed by atoms with Gasteiger partial charge in [-0.1, -0.05) is 0 Å². The van der Waals surface area contributed by atoms with Crippen LogP contribution in [0.2, 0.25) is 0 Å². The number of ether oxygens (including phenoxy) is 1. The first-order valence-electron chi connectivity index (χ1n) is 7.13. The molecule has 1 N–H and O–H groups in total. The van der Waals surface area contributed by atoms with E-state index in [4.69, 9.17) is 4.74 Å². The molecule has 1 unspecified atom stereocenters. The lowest BCUT2D eigenvalue weighted by atomic mass is 9.91. The Morgan fingerprint density at radius 2 is 2.22 bits per heavy atom. The van der Waals surface area contributed by atoms with Crippen molar-refractivity contribution in [2.75, 3.05) is 32.8 Å². The molecule has 2 aliphatic heterocycles. The summed E-state index contributed by atoms with van der Waals surface area (Å²) in [5.41, 5.74) is 2.68. The third-order valence-corrected chi connectivity index (χ3v) is 4.40. The van der Waals surface area contributed by atoms with Crippen molar-refractivity contribution < 1.29 is 4.74 Å². The fraction of sp³-hybridized carbons (Fsp3) is 0.786. The molecule has 0 saturated carbocycles. The van der Waals surface area contributed by atoms with Crippen LogP contribution >= 0.6 is 0 Å². The van der Waals surface area contributed by atoms with Crippen LogP contribution in [0.1, 0.15) is 36.4 Å². The number of hydrogen-bond donors (Lipinski definition) is 1. The standard InChI is InChI=1S/C14H23N3O/c1-11-8-15-16-14(11)13-2-5-17(6-3-13)9-12-4-7-18-10-12/h8,12-13H,2-7,9-10H2,1H3,(H,15,16). The summed E-state index contributed by atoms with van der Waals surface area (Å²) >= 11 is 0. The minimum atomic E-state index is 0.684. The number of H-pyrrole nitrogens is 1. The zero-order chi connectivity index (χ0) is 12.4. The van der Waals surface area contributed by atoms with Crippen molar-refractivity contribution in [3.8, 4) is 0 Å². The van der Waals surface area contributed by atoms with E-state index in [9.17, 15) is 0 Å². The maximum absolute atomic E-state index is 5.45. The fourth-order valence-electron chi connectivity index (χ4n) is 3.27. The lowest BCUT2D eigenvalue weighted by Gasteiger charge is -2.33. The predicted octanol–water partition coefficient (Wildman–Crippen LogP) is 1.93. The lowest BCUT2D eigenvalue weighted by molar-refractivity contribution is 0.151. The average molecular weight is 249 g/mol. The van der Waals surface area contributed by atoms with Gasteiger partial charge in [-0.25, -0.2) is 0 Å². The summed E-state index contributed by atoms with van der Waals surface area (Å²) < 4.78 is 5.45. The van der Waals surface area contributed by atoms with Crippen LogP contribution in [-0.4, -0.2) is 47.9 Å². The first kappa shape index (κ1) is 12.2. The molecule has 2 saturated heterocycles. The number of aromatic amines is 1. The highest BCUT2D eigenvalue weighted by Crippen LogP contribution is 2.29. The van der Waals surface area contributed by atoms with Crippen molar-refractivity contribution in [1.82, 2.24) is 15.1 Å².